The van der Waals surface area contributed by atoms with Gasteiger partial charge in [-0.1, -0.05) is 0 Å². The first-order valence-electron chi connectivity index (χ1n) is 2.49. The minimum atomic E-state index is -0.157. The number of rotatable bonds is 1. The molecule has 0 amide bonds. The van der Waals surface area contributed by atoms with Gasteiger partial charge in [-0.05, 0) is 33.9 Å². The molecule has 3 nitrogen and oxygen atoms in total. The summed E-state index contributed by atoms with van der Waals surface area (Å²) in [6.07, 6.45) is 1.57. The predicted molar refractivity (Wildman–Crippen MR) is 44.8 cm³/mol. The van der Waals surface area contributed by atoms with E-state index < -0.39 is 0 Å². The summed E-state index contributed by atoms with van der Waals surface area (Å²) in [4.78, 5) is 13.8. The highest BCUT2D eigenvalue weighted by Crippen LogP contribution is 2.11. The molecule has 0 bridgehead atoms. The first-order valence-corrected chi connectivity index (χ1v) is 4.16. The number of nitrogens with one attached hydrogen (secondary N) is 1. The predicted octanol–water partition coefficient (Wildman–Crippen LogP) is 1.10. The number of nitrogens with two attached hydrogens (primary N) is 1. The van der Waals surface area contributed by atoms with Crippen LogP contribution in [0.25, 0.3) is 0 Å². The average Bonchev–Trinajstić information content (AvgIpc) is 1.94. The molecule has 1 aromatic rings. The van der Waals surface area contributed by atoms with E-state index in [9.17, 15) is 4.79 Å². The second kappa shape index (κ2) is 3.23. The molecule has 0 fully saturated rings. The SMILES string of the molecule is NSc1cc(Br)c[nH]c1=O. The Hall–Kier alpha value is -0.260. The van der Waals surface area contributed by atoms with E-state index in [1.54, 1.807) is 12.3 Å². The Labute approximate surface area is 70.3 Å². The number of aromatic amines is 1. The topological polar surface area (TPSA) is 58.9 Å². The zero-order chi connectivity index (χ0) is 7.56. The van der Waals surface area contributed by atoms with E-state index in [4.69, 9.17) is 5.14 Å². The van der Waals surface area contributed by atoms with Crippen LogP contribution in [0.3, 0.4) is 0 Å². The molecule has 0 radical (unpaired) electrons. The molecule has 0 aliphatic heterocycles. The van der Waals surface area contributed by atoms with Crippen molar-refractivity contribution in [3.8, 4) is 0 Å². The van der Waals surface area contributed by atoms with Crippen LogP contribution in [0, 0.1) is 0 Å². The number of aromatic nitrogens is 1. The molecule has 0 aliphatic rings. The lowest BCUT2D eigenvalue weighted by atomic mass is 10.5. The summed E-state index contributed by atoms with van der Waals surface area (Å²) in [5.74, 6) is 0. The molecule has 5 heteroatoms. The van der Waals surface area contributed by atoms with Crippen molar-refractivity contribution < 1.29 is 0 Å². The lowest BCUT2D eigenvalue weighted by Gasteiger charge is -1.92. The van der Waals surface area contributed by atoms with Gasteiger partial charge in [-0.15, -0.1) is 0 Å². The number of hydrogen-bond acceptors (Lipinski definition) is 3. The molecule has 0 saturated heterocycles. The number of pyridine rings is 1. The summed E-state index contributed by atoms with van der Waals surface area (Å²) in [5.41, 5.74) is -0.157. The maximum absolute atomic E-state index is 10.8. The van der Waals surface area contributed by atoms with E-state index in [1.165, 1.54) is 0 Å². The molecule has 0 aliphatic carbocycles. The van der Waals surface area contributed by atoms with Gasteiger partial charge >= 0.3 is 0 Å². The summed E-state index contributed by atoms with van der Waals surface area (Å²) in [6, 6.07) is 1.67. The highest BCUT2D eigenvalue weighted by molar-refractivity contribution is 9.10. The van der Waals surface area contributed by atoms with Crippen LogP contribution in [-0.2, 0) is 0 Å². The fourth-order valence-electron chi connectivity index (χ4n) is 0.526. The molecule has 0 spiro atoms. The Morgan fingerprint density at radius 1 is 1.70 bits per heavy atom. The third kappa shape index (κ3) is 1.62. The normalized spacial score (nSPS) is 9.80. The summed E-state index contributed by atoms with van der Waals surface area (Å²) in [6.45, 7) is 0. The number of halogens is 1. The summed E-state index contributed by atoms with van der Waals surface area (Å²) < 4.78 is 0.819. The lowest BCUT2D eigenvalue weighted by Crippen LogP contribution is -2.07. The van der Waals surface area contributed by atoms with E-state index in [0.717, 1.165) is 16.4 Å². The Kier molecular flexibility index (Phi) is 2.53. The molecule has 1 rings (SSSR count). The van der Waals surface area contributed by atoms with Crippen molar-refractivity contribution in [1.82, 2.24) is 4.98 Å². The van der Waals surface area contributed by atoms with Crippen LogP contribution in [-0.4, -0.2) is 4.98 Å². The molecule has 0 atom stereocenters. The van der Waals surface area contributed by atoms with Gasteiger partial charge in [0.1, 0.15) is 0 Å². The first-order chi connectivity index (χ1) is 4.74. The smallest absolute Gasteiger partial charge is 0.262 e. The van der Waals surface area contributed by atoms with Gasteiger partial charge in [0.15, 0.2) is 0 Å². The standard InChI is InChI=1S/C5H5BrN2OS/c6-3-1-4(10-7)5(9)8-2-3/h1-2H,7H2,(H,8,9). The van der Waals surface area contributed by atoms with E-state index >= 15 is 0 Å². The van der Waals surface area contributed by atoms with Gasteiger partial charge in [0.25, 0.3) is 5.56 Å². The average molecular weight is 221 g/mol. The highest BCUT2D eigenvalue weighted by Gasteiger charge is 1.96. The van der Waals surface area contributed by atoms with Gasteiger partial charge in [0, 0.05) is 10.7 Å². The zero-order valence-corrected chi connectivity index (χ0v) is 7.33. The van der Waals surface area contributed by atoms with Crippen LogP contribution in [0.5, 0.6) is 0 Å². The van der Waals surface area contributed by atoms with Crippen LogP contribution in [0.15, 0.2) is 26.4 Å². The molecule has 1 heterocycles. The third-order valence-electron chi connectivity index (χ3n) is 0.961. The zero-order valence-electron chi connectivity index (χ0n) is 4.93. The Bertz CT molecular complexity index is 285. The number of H-pyrrole nitrogens is 1. The minimum absolute atomic E-state index is 0.157. The second-order valence-electron chi connectivity index (χ2n) is 1.63. The highest BCUT2D eigenvalue weighted by atomic mass is 79.9. The lowest BCUT2D eigenvalue weighted by molar-refractivity contribution is 1.13. The maximum atomic E-state index is 10.8. The monoisotopic (exact) mass is 220 g/mol. The second-order valence-corrected chi connectivity index (χ2v) is 3.22. The van der Waals surface area contributed by atoms with Crippen LogP contribution in [0.1, 0.15) is 0 Å². The molecule has 0 aromatic carbocycles. The van der Waals surface area contributed by atoms with Crippen molar-refractivity contribution >= 4 is 27.9 Å². The fraction of sp³-hybridized carbons (Fsp3) is 0. The summed E-state index contributed by atoms with van der Waals surface area (Å²) in [5, 5.41) is 5.20. The Morgan fingerprint density at radius 3 is 2.90 bits per heavy atom. The van der Waals surface area contributed by atoms with E-state index in [-0.39, 0.29) is 5.56 Å². The molecule has 10 heavy (non-hydrogen) atoms. The Balaban J connectivity index is 3.22. The quantitative estimate of drug-likeness (QED) is 0.698. The minimum Gasteiger partial charge on any atom is -0.327 e. The molecule has 3 N–H and O–H groups in total. The summed E-state index contributed by atoms with van der Waals surface area (Å²) in [7, 11) is 0. The van der Waals surface area contributed by atoms with E-state index in [1.807, 2.05) is 0 Å². The van der Waals surface area contributed by atoms with Crippen molar-refractivity contribution in [2.75, 3.05) is 0 Å². The van der Waals surface area contributed by atoms with E-state index in [0.29, 0.717) is 4.90 Å². The molecule has 0 unspecified atom stereocenters. The molecular formula is C5H5BrN2OS. The molecule has 0 saturated carbocycles. The van der Waals surface area contributed by atoms with Crippen molar-refractivity contribution in [3.05, 3.63) is 27.1 Å². The molecule has 54 valence electrons. The maximum Gasteiger partial charge on any atom is 0.262 e. The largest absolute Gasteiger partial charge is 0.327 e. The molecular weight excluding hydrogens is 216 g/mol. The van der Waals surface area contributed by atoms with Gasteiger partial charge in [-0.2, -0.15) is 0 Å². The van der Waals surface area contributed by atoms with E-state index in [2.05, 4.69) is 20.9 Å². The van der Waals surface area contributed by atoms with Crippen LogP contribution in [0.2, 0.25) is 0 Å². The van der Waals surface area contributed by atoms with Gasteiger partial charge in [0.05, 0.1) is 4.90 Å². The first kappa shape index (κ1) is 7.84. The van der Waals surface area contributed by atoms with Crippen LogP contribution < -0.4 is 10.7 Å². The van der Waals surface area contributed by atoms with Gasteiger partial charge in [-0.25, -0.2) is 0 Å². The van der Waals surface area contributed by atoms with Crippen molar-refractivity contribution in [2.24, 2.45) is 5.14 Å². The third-order valence-corrected chi connectivity index (χ3v) is 1.98. The fourth-order valence-corrected chi connectivity index (χ4v) is 1.38. The van der Waals surface area contributed by atoms with Crippen molar-refractivity contribution in [3.63, 3.8) is 0 Å². The van der Waals surface area contributed by atoms with Crippen LogP contribution >= 0.6 is 27.9 Å². The van der Waals surface area contributed by atoms with Gasteiger partial charge < -0.3 is 4.98 Å². The van der Waals surface area contributed by atoms with Crippen molar-refractivity contribution in [2.45, 2.75) is 4.90 Å². The van der Waals surface area contributed by atoms with Crippen molar-refractivity contribution in [1.29, 1.82) is 0 Å². The Morgan fingerprint density at radius 2 is 2.40 bits per heavy atom. The van der Waals surface area contributed by atoms with Gasteiger partial charge in [0.2, 0.25) is 0 Å². The summed E-state index contributed by atoms with van der Waals surface area (Å²) >= 11 is 4.13. The number of hydrogen-bond donors (Lipinski definition) is 2. The van der Waals surface area contributed by atoms with Crippen LogP contribution in [0.4, 0.5) is 0 Å². The van der Waals surface area contributed by atoms with Gasteiger partial charge in [-0.3, -0.25) is 9.93 Å². The molecule has 1 aromatic heterocycles.